The van der Waals surface area contributed by atoms with Crippen LogP contribution in [0.4, 0.5) is 0 Å². The molecule has 1 fully saturated rings. The van der Waals surface area contributed by atoms with Gasteiger partial charge < -0.3 is 4.52 Å². The van der Waals surface area contributed by atoms with E-state index in [1.165, 1.54) is 12.8 Å². The van der Waals surface area contributed by atoms with Crippen LogP contribution in [0.25, 0.3) is 0 Å². The summed E-state index contributed by atoms with van der Waals surface area (Å²) in [6.45, 7) is 2.10. The number of aryl methyl sites for hydroxylation is 1. The Morgan fingerprint density at radius 3 is 3.08 bits per heavy atom. The maximum absolute atomic E-state index is 5.25. The molecule has 0 N–H and O–H groups in total. The molecule has 0 radical (unpaired) electrons. The molecule has 0 aromatic carbocycles. The molecule has 3 heteroatoms. The molecule has 2 nitrogen and oxygen atoms in total. The minimum absolute atomic E-state index is 0.445. The van der Waals surface area contributed by atoms with Gasteiger partial charge in [0.25, 0.3) is 0 Å². The zero-order valence-corrected chi connectivity index (χ0v) is 8.76. The first-order chi connectivity index (χ1) is 6.25. The fourth-order valence-electron chi connectivity index (χ4n) is 1.36. The Morgan fingerprint density at radius 2 is 2.46 bits per heavy atom. The summed E-state index contributed by atoms with van der Waals surface area (Å²) in [5.41, 5.74) is 1.09. The van der Waals surface area contributed by atoms with E-state index in [4.69, 9.17) is 4.52 Å². The largest absolute Gasteiger partial charge is 0.361 e. The molecule has 1 saturated carbocycles. The molecule has 0 amide bonds. The van der Waals surface area contributed by atoms with Gasteiger partial charge in [0, 0.05) is 12.0 Å². The second kappa shape index (κ2) is 3.74. The van der Waals surface area contributed by atoms with Crippen LogP contribution in [0.5, 0.6) is 0 Å². The molecular formula is C10H15NOS. The highest BCUT2D eigenvalue weighted by Crippen LogP contribution is 2.40. The first-order valence-electron chi connectivity index (χ1n) is 4.89. The molecule has 1 atom stereocenters. The van der Waals surface area contributed by atoms with Gasteiger partial charge in [-0.3, -0.25) is 0 Å². The molecule has 1 aliphatic carbocycles. The minimum atomic E-state index is 0.445. The number of hydrogen-bond acceptors (Lipinski definition) is 3. The van der Waals surface area contributed by atoms with Gasteiger partial charge in [-0.25, -0.2) is 0 Å². The van der Waals surface area contributed by atoms with Crippen molar-refractivity contribution in [1.82, 2.24) is 5.16 Å². The Labute approximate surface area is 84.1 Å². The number of aromatic nitrogens is 1. The molecule has 1 heterocycles. The third kappa shape index (κ3) is 2.50. The third-order valence-electron chi connectivity index (χ3n) is 2.38. The van der Waals surface area contributed by atoms with Gasteiger partial charge >= 0.3 is 0 Å². The van der Waals surface area contributed by atoms with E-state index in [0.29, 0.717) is 11.2 Å². The molecule has 0 aliphatic heterocycles. The van der Waals surface area contributed by atoms with E-state index in [0.717, 1.165) is 24.3 Å². The van der Waals surface area contributed by atoms with Crippen LogP contribution in [0.3, 0.4) is 0 Å². The average molecular weight is 197 g/mol. The first kappa shape index (κ1) is 9.13. The maximum Gasteiger partial charge on any atom is 0.140 e. The zero-order chi connectivity index (χ0) is 9.26. The Bertz CT molecular complexity index is 278. The lowest BCUT2D eigenvalue weighted by atomic mass is 10.2. The lowest BCUT2D eigenvalue weighted by Crippen LogP contribution is -1.94. The first-order valence-corrected chi connectivity index (χ1v) is 5.41. The predicted octanol–water partition coefficient (Wildman–Crippen LogP) is 2.80. The molecule has 1 aliphatic rings. The van der Waals surface area contributed by atoms with Crippen LogP contribution >= 0.6 is 12.6 Å². The standard InChI is InChI=1S/C10H15NOS/c1-7(13)2-5-9-6-10(12-11-9)8-3-4-8/h6-8,13H,2-5H2,1H3. The summed E-state index contributed by atoms with van der Waals surface area (Å²) in [5.74, 6) is 1.76. The van der Waals surface area contributed by atoms with E-state index in [1.54, 1.807) is 0 Å². The summed E-state index contributed by atoms with van der Waals surface area (Å²) < 4.78 is 5.25. The van der Waals surface area contributed by atoms with Gasteiger partial charge in [0.2, 0.25) is 0 Å². The van der Waals surface area contributed by atoms with Crippen LogP contribution in [0.1, 0.15) is 43.6 Å². The molecule has 0 saturated heterocycles. The van der Waals surface area contributed by atoms with Crippen molar-refractivity contribution in [1.29, 1.82) is 0 Å². The van der Waals surface area contributed by atoms with Gasteiger partial charge in [0.1, 0.15) is 5.76 Å². The topological polar surface area (TPSA) is 26.0 Å². The number of hydrogen-bond donors (Lipinski definition) is 1. The summed E-state index contributed by atoms with van der Waals surface area (Å²) >= 11 is 4.33. The predicted molar refractivity (Wildman–Crippen MR) is 55.2 cm³/mol. The van der Waals surface area contributed by atoms with E-state index in [-0.39, 0.29) is 0 Å². The second-order valence-electron chi connectivity index (χ2n) is 3.88. The maximum atomic E-state index is 5.25. The van der Waals surface area contributed by atoms with Crippen molar-refractivity contribution < 1.29 is 4.52 Å². The molecule has 0 spiro atoms. The smallest absolute Gasteiger partial charge is 0.140 e. The van der Waals surface area contributed by atoms with Gasteiger partial charge in [-0.1, -0.05) is 12.1 Å². The molecule has 1 unspecified atom stereocenters. The third-order valence-corrected chi connectivity index (χ3v) is 2.63. The fourth-order valence-corrected chi connectivity index (χ4v) is 1.49. The van der Waals surface area contributed by atoms with Crippen molar-refractivity contribution in [3.63, 3.8) is 0 Å². The lowest BCUT2D eigenvalue weighted by Gasteiger charge is -1.98. The van der Waals surface area contributed by atoms with Gasteiger partial charge in [-0.05, 0) is 30.9 Å². The van der Waals surface area contributed by atoms with Crippen molar-refractivity contribution in [2.45, 2.75) is 43.8 Å². The Kier molecular flexibility index (Phi) is 2.63. The molecule has 2 rings (SSSR count). The van der Waals surface area contributed by atoms with Crippen LogP contribution in [-0.2, 0) is 6.42 Å². The summed E-state index contributed by atoms with van der Waals surface area (Å²) in [4.78, 5) is 0. The minimum Gasteiger partial charge on any atom is -0.361 e. The van der Waals surface area contributed by atoms with Crippen molar-refractivity contribution in [2.75, 3.05) is 0 Å². The van der Waals surface area contributed by atoms with Crippen LogP contribution in [0.15, 0.2) is 10.6 Å². The zero-order valence-electron chi connectivity index (χ0n) is 7.86. The summed E-state index contributed by atoms with van der Waals surface area (Å²) in [6, 6.07) is 2.10. The van der Waals surface area contributed by atoms with E-state index >= 15 is 0 Å². The van der Waals surface area contributed by atoms with Crippen molar-refractivity contribution in [3.8, 4) is 0 Å². The SMILES string of the molecule is CC(S)CCc1cc(C2CC2)on1. The van der Waals surface area contributed by atoms with E-state index < -0.39 is 0 Å². The van der Waals surface area contributed by atoms with Crippen molar-refractivity contribution in [3.05, 3.63) is 17.5 Å². The summed E-state index contributed by atoms with van der Waals surface area (Å²) in [6.07, 6.45) is 4.61. The number of nitrogens with zero attached hydrogens (tertiary/aromatic N) is 1. The van der Waals surface area contributed by atoms with Crippen molar-refractivity contribution >= 4 is 12.6 Å². The van der Waals surface area contributed by atoms with Gasteiger partial charge in [0.05, 0.1) is 5.69 Å². The lowest BCUT2D eigenvalue weighted by molar-refractivity contribution is 0.377. The van der Waals surface area contributed by atoms with Crippen LogP contribution in [-0.4, -0.2) is 10.4 Å². The molecule has 1 aromatic rings. The molecule has 1 aromatic heterocycles. The molecular weight excluding hydrogens is 182 g/mol. The normalized spacial score (nSPS) is 18.9. The Balaban J connectivity index is 1.89. The van der Waals surface area contributed by atoms with E-state index in [2.05, 4.69) is 30.8 Å². The van der Waals surface area contributed by atoms with Gasteiger partial charge in [-0.15, -0.1) is 0 Å². The highest BCUT2D eigenvalue weighted by Gasteiger charge is 2.27. The Hall–Kier alpha value is -0.440. The second-order valence-corrected chi connectivity index (χ2v) is 4.76. The number of thiol groups is 1. The number of rotatable bonds is 4. The summed E-state index contributed by atoms with van der Waals surface area (Å²) in [5, 5.41) is 4.49. The fraction of sp³-hybridized carbons (Fsp3) is 0.700. The molecule has 72 valence electrons. The molecule has 13 heavy (non-hydrogen) atoms. The molecule has 0 bridgehead atoms. The highest BCUT2D eigenvalue weighted by atomic mass is 32.1. The van der Waals surface area contributed by atoms with Crippen LogP contribution in [0.2, 0.25) is 0 Å². The monoisotopic (exact) mass is 197 g/mol. The van der Waals surface area contributed by atoms with Crippen LogP contribution in [0, 0.1) is 0 Å². The quantitative estimate of drug-likeness (QED) is 0.751. The summed E-state index contributed by atoms with van der Waals surface area (Å²) in [7, 11) is 0. The van der Waals surface area contributed by atoms with E-state index in [9.17, 15) is 0 Å². The Morgan fingerprint density at radius 1 is 1.69 bits per heavy atom. The highest BCUT2D eigenvalue weighted by molar-refractivity contribution is 7.80. The van der Waals surface area contributed by atoms with Crippen LogP contribution < -0.4 is 0 Å². The van der Waals surface area contributed by atoms with Gasteiger partial charge in [-0.2, -0.15) is 12.6 Å². The van der Waals surface area contributed by atoms with Crippen molar-refractivity contribution in [2.24, 2.45) is 0 Å². The van der Waals surface area contributed by atoms with E-state index in [1.807, 2.05) is 0 Å². The van der Waals surface area contributed by atoms with Gasteiger partial charge in [0.15, 0.2) is 0 Å². The average Bonchev–Trinajstić information content (AvgIpc) is 2.83.